The largest absolute Gasteiger partial charge is 0.454 e. The molecule has 0 aliphatic carbocycles. The third-order valence-electron chi connectivity index (χ3n) is 5.27. The molecule has 0 fully saturated rings. The summed E-state index contributed by atoms with van der Waals surface area (Å²) in [6, 6.07) is 9.66. The van der Waals surface area contributed by atoms with Gasteiger partial charge in [0.1, 0.15) is 0 Å². The van der Waals surface area contributed by atoms with Crippen LogP contribution in [-0.2, 0) is 10.5 Å². The lowest BCUT2D eigenvalue weighted by molar-refractivity contribution is -0.115. The normalized spacial score (nSPS) is 12.2. The maximum Gasteiger partial charge on any atom is 0.277 e. The standard InChI is InChI=1S/C24H22N4O4S2/c1-13-7-14(2)21(15(3)8-13)28(16(4)29)23-25-18(10-33-23)11-34-24-27-26-22(32-24)17-5-6-19-20(9-17)31-12-30-19/h5-10H,11-12H2,1-4H3. The van der Waals surface area contributed by atoms with E-state index in [1.54, 1.807) is 11.8 Å². The Morgan fingerprint density at radius 2 is 1.85 bits per heavy atom. The number of hydrogen-bond donors (Lipinski definition) is 0. The van der Waals surface area contributed by atoms with Crippen LogP contribution < -0.4 is 14.4 Å². The molecule has 0 N–H and O–H groups in total. The lowest BCUT2D eigenvalue weighted by Gasteiger charge is -2.23. The van der Waals surface area contributed by atoms with E-state index in [4.69, 9.17) is 18.9 Å². The van der Waals surface area contributed by atoms with Crippen LogP contribution >= 0.6 is 23.1 Å². The monoisotopic (exact) mass is 494 g/mol. The second kappa shape index (κ2) is 9.11. The Kier molecular flexibility index (Phi) is 6.01. The lowest BCUT2D eigenvalue weighted by atomic mass is 10.0. The summed E-state index contributed by atoms with van der Waals surface area (Å²) in [5.41, 5.74) is 5.73. The highest BCUT2D eigenvalue weighted by molar-refractivity contribution is 7.98. The predicted molar refractivity (Wildman–Crippen MR) is 131 cm³/mol. The molecule has 0 radical (unpaired) electrons. The molecule has 0 saturated carbocycles. The Balaban J connectivity index is 1.31. The van der Waals surface area contributed by atoms with Gasteiger partial charge in [0.05, 0.1) is 11.4 Å². The van der Waals surface area contributed by atoms with Crippen molar-refractivity contribution in [2.45, 2.75) is 38.7 Å². The number of anilines is 2. The second-order valence-corrected chi connectivity index (χ2v) is 9.72. The van der Waals surface area contributed by atoms with E-state index in [0.717, 1.165) is 33.6 Å². The van der Waals surface area contributed by atoms with Crippen molar-refractivity contribution >= 4 is 39.8 Å². The summed E-state index contributed by atoms with van der Waals surface area (Å²) in [5, 5.41) is 11.3. The fourth-order valence-electron chi connectivity index (χ4n) is 3.93. The van der Waals surface area contributed by atoms with E-state index >= 15 is 0 Å². The summed E-state index contributed by atoms with van der Waals surface area (Å²) in [7, 11) is 0. The number of rotatable bonds is 6. The van der Waals surface area contributed by atoms with Gasteiger partial charge < -0.3 is 13.9 Å². The average Bonchev–Trinajstić information content (AvgIpc) is 3.54. The number of amides is 1. The quantitative estimate of drug-likeness (QED) is 0.310. The van der Waals surface area contributed by atoms with Crippen LogP contribution in [0.4, 0.5) is 10.8 Å². The Morgan fingerprint density at radius 3 is 2.62 bits per heavy atom. The van der Waals surface area contributed by atoms with Gasteiger partial charge in [-0.3, -0.25) is 9.69 Å². The highest BCUT2D eigenvalue weighted by Crippen LogP contribution is 2.37. The van der Waals surface area contributed by atoms with Crippen molar-refractivity contribution < 1.29 is 18.7 Å². The van der Waals surface area contributed by atoms with Gasteiger partial charge in [-0.15, -0.1) is 21.5 Å². The highest BCUT2D eigenvalue weighted by atomic mass is 32.2. The SMILES string of the molecule is CC(=O)N(c1nc(CSc2nnc(-c3ccc4c(c3)OCO4)o2)cs1)c1c(C)cc(C)cc1C. The van der Waals surface area contributed by atoms with Crippen LogP contribution in [0.15, 0.2) is 45.4 Å². The second-order valence-electron chi connectivity index (χ2n) is 7.95. The van der Waals surface area contributed by atoms with Gasteiger partial charge >= 0.3 is 0 Å². The average molecular weight is 495 g/mol. The Labute approximate surface area is 204 Å². The zero-order chi connectivity index (χ0) is 23.8. The molecule has 0 saturated heterocycles. The van der Waals surface area contributed by atoms with Gasteiger partial charge in [-0.25, -0.2) is 4.98 Å². The summed E-state index contributed by atoms with van der Waals surface area (Å²) < 4.78 is 16.6. The number of thioether (sulfide) groups is 1. The topological polar surface area (TPSA) is 90.6 Å². The molecule has 0 spiro atoms. The molecule has 1 amide bonds. The molecule has 1 aliphatic rings. The number of fused-ring (bicyclic) bond motifs is 1. The van der Waals surface area contributed by atoms with Crippen LogP contribution in [0.5, 0.6) is 11.5 Å². The molecule has 5 rings (SSSR count). The maximum atomic E-state index is 12.6. The first-order valence-electron chi connectivity index (χ1n) is 10.6. The number of aromatic nitrogens is 3. The Bertz CT molecular complexity index is 1360. The minimum atomic E-state index is -0.0751. The van der Waals surface area contributed by atoms with Crippen LogP contribution in [0.1, 0.15) is 29.3 Å². The molecule has 174 valence electrons. The van der Waals surface area contributed by atoms with E-state index in [1.165, 1.54) is 23.1 Å². The van der Waals surface area contributed by atoms with Crippen molar-refractivity contribution in [3.05, 3.63) is 58.1 Å². The zero-order valence-electron chi connectivity index (χ0n) is 19.1. The van der Waals surface area contributed by atoms with Crippen molar-refractivity contribution in [3.63, 3.8) is 0 Å². The number of aryl methyl sites for hydroxylation is 3. The first-order chi connectivity index (χ1) is 16.4. The fourth-order valence-corrected chi connectivity index (χ4v) is 5.56. The molecule has 1 aliphatic heterocycles. The molecular weight excluding hydrogens is 472 g/mol. The van der Waals surface area contributed by atoms with Gasteiger partial charge in [-0.2, -0.15) is 0 Å². The van der Waals surface area contributed by atoms with Crippen molar-refractivity contribution in [3.8, 4) is 23.0 Å². The number of carbonyl (C=O) groups excluding carboxylic acids is 1. The number of thiazole rings is 1. The van der Waals surface area contributed by atoms with E-state index in [9.17, 15) is 4.79 Å². The summed E-state index contributed by atoms with van der Waals surface area (Å²) in [6.07, 6.45) is 0. The highest BCUT2D eigenvalue weighted by Gasteiger charge is 2.22. The molecule has 0 bridgehead atoms. The smallest absolute Gasteiger partial charge is 0.277 e. The van der Waals surface area contributed by atoms with Crippen LogP contribution in [-0.4, -0.2) is 27.9 Å². The van der Waals surface area contributed by atoms with Gasteiger partial charge in [0.25, 0.3) is 5.22 Å². The fraction of sp³-hybridized carbons (Fsp3) is 0.250. The summed E-state index contributed by atoms with van der Waals surface area (Å²) in [4.78, 5) is 19.0. The van der Waals surface area contributed by atoms with E-state index in [1.807, 2.05) is 37.4 Å². The maximum absolute atomic E-state index is 12.6. The molecule has 2 aromatic heterocycles. The molecule has 3 heterocycles. The van der Waals surface area contributed by atoms with Gasteiger partial charge in [-0.1, -0.05) is 29.5 Å². The van der Waals surface area contributed by atoms with E-state index in [-0.39, 0.29) is 12.7 Å². The summed E-state index contributed by atoms with van der Waals surface area (Å²) >= 11 is 2.84. The molecular formula is C24H22N4O4S2. The minimum Gasteiger partial charge on any atom is -0.454 e. The van der Waals surface area contributed by atoms with E-state index < -0.39 is 0 Å². The van der Waals surface area contributed by atoms with Crippen LogP contribution in [0, 0.1) is 20.8 Å². The van der Waals surface area contributed by atoms with Crippen LogP contribution in [0.2, 0.25) is 0 Å². The molecule has 2 aromatic carbocycles. The van der Waals surface area contributed by atoms with Crippen molar-refractivity contribution in [2.75, 3.05) is 11.7 Å². The Morgan fingerprint density at radius 1 is 1.09 bits per heavy atom. The van der Waals surface area contributed by atoms with Gasteiger partial charge in [0.15, 0.2) is 16.6 Å². The zero-order valence-corrected chi connectivity index (χ0v) is 20.7. The summed E-state index contributed by atoms with van der Waals surface area (Å²) in [5.74, 6) is 2.24. The van der Waals surface area contributed by atoms with Crippen molar-refractivity contribution in [2.24, 2.45) is 0 Å². The van der Waals surface area contributed by atoms with Crippen LogP contribution in [0.25, 0.3) is 11.5 Å². The number of benzene rings is 2. The number of carbonyl (C=O) groups is 1. The third kappa shape index (κ3) is 4.38. The Hall–Kier alpha value is -3.37. The first kappa shape index (κ1) is 22.4. The van der Waals surface area contributed by atoms with E-state index in [0.29, 0.717) is 33.5 Å². The molecule has 34 heavy (non-hydrogen) atoms. The molecule has 8 nitrogen and oxygen atoms in total. The van der Waals surface area contributed by atoms with E-state index in [2.05, 4.69) is 29.3 Å². The summed E-state index contributed by atoms with van der Waals surface area (Å²) in [6.45, 7) is 7.86. The lowest BCUT2D eigenvalue weighted by Crippen LogP contribution is -2.24. The number of ether oxygens (including phenoxy) is 2. The van der Waals surface area contributed by atoms with Gasteiger partial charge in [0, 0.05) is 23.6 Å². The molecule has 0 atom stereocenters. The first-order valence-corrected chi connectivity index (χ1v) is 12.4. The number of hydrogen-bond acceptors (Lipinski definition) is 9. The van der Waals surface area contributed by atoms with Crippen molar-refractivity contribution in [1.29, 1.82) is 0 Å². The van der Waals surface area contributed by atoms with Gasteiger partial charge in [0.2, 0.25) is 18.6 Å². The van der Waals surface area contributed by atoms with Crippen molar-refractivity contribution in [1.82, 2.24) is 15.2 Å². The van der Waals surface area contributed by atoms with Gasteiger partial charge in [-0.05, 0) is 50.1 Å². The minimum absolute atomic E-state index is 0.0751. The van der Waals surface area contributed by atoms with Crippen LogP contribution in [0.3, 0.4) is 0 Å². The molecule has 10 heteroatoms. The molecule has 0 unspecified atom stereocenters. The molecule has 4 aromatic rings. The third-order valence-corrected chi connectivity index (χ3v) is 7.00. The predicted octanol–water partition coefficient (Wildman–Crippen LogP) is 5.82. The number of nitrogens with zero attached hydrogens (tertiary/aromatic N) is 4.